The lowest BCUT2D eigenvalue weighted by atomic mass is 10.0. The highest BCUT2D eigenvalue weighted by molar-refractivity contribution is 5.80. The zero-order valence-electron chi connectivity index (χ0n) is 12.3. The van der Waals surface area contributed by atoms with E-state index >= 15 is 0 Å². The van der Waals surface area contributed by atoms with Crippen molar-refractivity contribution in [2.24, 2.45) is 5.92 Å². The van der Waals surface area contributed by atoms with Gasteiger partial charge in [0.2, 0.25) is 5.91 Å². The number of Topliss-reactive ketones (excluding diaryl/α,β-unsaturated/α-hetero) is 1. The van der Waals surface area contributed by atoms with E-state index in [9.17, 15) is 9.59 Å². The van der Waals surface area contributed by atoms with Gasteiger partial charge in [-0.3, -0.25) is 9.59 Å². The number of ketones is 1. The second-order valence-electron chi connectivity index (χ2n) is 5.24. The Morgan fingerprint density at radius 2 is 1.61 bits per heavy atom. The first-order valence-electron chi connectivity index (χ1n) is 7.37. The van der Waals surface area contributed by atoms with Crippen molar-refractivity contribution in [2.75, 3.05) is 6.54 Å². The highest BCUT2D eigenvalue weighted by Gasteiger charge is 2.06. The van der Waals surface area contributed by atoms with Crippen LogP contribution < -0.4 is 5.32 Å². The van der Waals surface area contributed by atoms with Crippen LogP contribution in [0.15, 0.2) is 0 Å². The molecule has 0 heterocycles. The third-order valence-electron chi connectivity index (χ3n) is 3.07. The molecule has 0 saturated carbocycles. The first-order chi connectivity index (χ1) is 8.57. The molecule has 3 nitrogen and oxygen atoms in total. The van der Waals surface area contributed by atoms with Gasteiger partial charge in [0.05, 0.1) is 0 Å². The summed E-state index contributed by atoms with van der Waals surface area (Å²) in [6, 6.07) is 0. The predicted octanol–water partition coefficient (Wildman–Crippen LogP) is 3.47. The van der Waals surface area contributed by atoms with Gasteiger partial charge in [-0.25, -0.2) is 0 Å². The zero-order valence-corrected chi connectivity index (χ0v) is 12.3. The molecule has 0 aliphatic heterocycles. The van der Waals surface area contributed by atoms with Crippen molar-refractivity contribution in [1.29, 1.82) is 0 Å². The summed E-state index contributed by atoms with van der Waals surface area (Å²) in [6.07, 6.45) is 7.55. The summed E-state index contributed by atoms with van der Waals surface area (Å²) in [7, 11) is 0. The van der Waals surface area contributed by atoms with E-state index in [-0.39, 0.29) is 11.8 Å². The summed E-state index contributed by atoms with van der Waals surface area (Å²) in [4.78, 5) is 22.7. The number of carbonyl (C=O) groups is 2. The van der Waals surface area contributed by atoms with Gasteiger partial charge in [0, 0.05) is 25.3 Å². The first-order valence-corrected chi connectivity index (χ1v) is 7.37. The number of carbonyl (C=O) groups excluding carboxylic acids is 2. The molecule has 1 N–H and O–H groups in total. The molecule has 0 aliphatic rings. The van der Waals surface area contributed by atoms with Gasteiger partial charge in [-0.15, -0.1) is 0 Å². The average molecular weight is 255 g/mol. The fourth-order valence-corrected chi connectivity index (χ4v) is 1.74. The van der Waals surface area contributed by atoms with Crippen LogP contribution in [0.1, 0.15) is 72.1 Å². The number of hydrogen-bond donors (Lipinski definition) is 1. The molecule has 0 aromatic heterocycles. The predicted molar refractivity (Wildman–Crippen MR) is 75.5 cm³/mol. The topological polar surface area (TPSA) is 46.2 Å². The monoisotopic (exact) mass is 255 g/mol. The summed E-state index contributed by atoms with van der Waals surface area (Å²) >= 11 is 0. The van der Waals surface area contributed by atoms with Crippen molar-refractivity contribution in [3.05, 3.63) is 0 Å². The van der Waals surface area contributed by atoms with E-state index in [2.05, 4.69) is 12.2 Å². The molecule has 18 heavy (non-hydrogen) atoms. The zero-order chi connectivity index (χ0) is 13.8. The van der Waals surface area contributed by atoms with E-state index in [1.54, 1.807) is 0 Å². The van der Waals surface area contributed by atoms with E-state index in [4.69, 9.17) is 0 Å². The molecule has 0 atom stereocenters. The molecule has 0 fully saturated rings. The van der Waals surface area contributed by atoms with Crippen LogP contribution >= 0.6 is 0 Å². The quantitative estimate of drug-likeness (QED) is 0.575. The number of unbranched alkanes of at least 4 members (excludes halogenated alkanes) is 4. The SMILES string of the molecule is CCCCCC(=O)NCCCCCC(=O)C(C)C. The molecule has 0 saturated heterocycles. The Hall–Kier alpha value is -0.860. The maximum Gasteiger partial charge on any atom is 0.219 e. The molecule has 0 radical (unpaired) electrons. The average Bonchev–Trinajstić information content (AvgIpc) is 2.33. The van der Waals surface area contributed by atoms with E-state index in [1.165, 1.54) is 0 Å². The van der Waals surface area contributed by atoms with Crippen molar-refractivity contribution in [1.82, 2.24) is 5.32 Å². The second kappa shape index (κ2) is 11.2. The second-order valence-corrected chi connectivity index (χ2v) is 5.24. The Kier molecular flexibility index (Phi) is 10.7. The molecule has 3 heteroatoms. The number of amides is 1. The van der Waals surface area contributed by atoms with Gasteiger partial charge < -0.3 is 5.32 Å². The Morgan fingerprint density at radius 1 is 0.944 bits per heavy atom. The number of rotatable bonds is 11. The van der Waals surface area contributed by atoms with Crippen molar-refractivity contribution < 1.29 is 9.59 Å². The molecule has 0 aromatic rings. The summed E-state index contributed by atoms with van der Waals surface area (Å²) in [5, 5.41) is 2.93. The summed E-state index contributed by atoms with van der Waals surface area (Å²) in [6.45, 7) is 6.77. The van der Waals surface area contributed by atoms with Crippen molar-refractivity contribution in [2.45, 2.75) is 72.1 Å². The molecule has 0 aliphatic carbocycles. The molecule has 0 bridgehead atoms. The Bertz CT molecular complexity index is 237. The largest absolute Gasteiger partial charge is 0.356 e. The van der Waals surface area contributed by atoms with E-state index in [1.807, 2.05) is 13.8 Å². The minimum atomic E-state index is 0.156. The molecular weight excluding hydrogens is 226 g/mol. The highest BCUT2D eigenvalue weighted by atomic mass is 16.1. The number of hydrogen-bond acceptors (Lipinski definition) is 2. The van der Waals surface area contributed by atoms with Crippen molar-refractivity contribution in [3.8, 4) is 0 Å². The van der Waals surface area contributed by atoms with Gasteiger partial charge in [0.15, 0.2) is 0 Å². The summed E-state index contributed by atoms with van der Waals surface area (Å²) in [5.41, 5.74) is 0. The van der Waals surface area contributed by atoms with Gasteiger partial charge in [0.25, 0.3) is 0 Å². The third-order valence-corrected chi connectivity index (χ3v) is 3.07. The Labute approximate surface area is 112 Å². The van der Waals surface area contributed by atoms with Gasteiger partial charge in [-0.1, -0.05) is 40.0 Å². The molecule has 0 unspecified atom stereocenters. The van der Waals surface area contributed by atoms with E-state index in [0.29, 0.717) is 18.6 Å². The van der Waals surface area contributed by atoms with Gasteiger partial charge >= 0.3 is 0 Å². The van der Waals surface area contributed by atoms with Gasteiger partial charge in [-0.05, 0) is 19.3 Å². The fraction of sp³-hybridized carbons (Fsp3) is 0.867. The first kappa shape index (κ1) is 17.1. The van der Waals surface area contributed by atoms with Gasteiger partial charge in [0.1, 0.15) is 5.78 Å². The van der Waals surface area contributed by atoms with Gasteiger partial charge in [-0.2, -0.15) is 0 Å². The van der Waals surface area contributed by atoms with Crippen LogP contribution in [-0.2, 0) is 9.59 Å². The van der Waals surface area contributed by atoms with Crippen LogP contribution in [0.2, 0.25) is 0 Å². The van der Waals surface area contributed by atoms with Crippen molar-refractivity contribution in [3.63, 3.8) is 0 Å². The maximum absolute atomic E-state index is 11.4. The van der Waals surface area contributed by atoms with Crippen molar-refractivity contribution >= 4 is 11.7 Å². The van der Waals surface area contributed by atoms with Crippen LogP contribution in [-0.4, -0.2) is 18.2 Å². The Balaban J connectivity index is 3.29. The smallest absolute Gasteiger partial charge is 0.219 e. The highest BCUT2D eigenvalue weighted by Crippen LogP contribution is 2.05. The minimum absolute atomic E-state index is 0.156. The Morgan fingerprint density at radius 3 is 2.22 bits per heavy atom. The standard InChI is InChI=1S/C15H29NO2/c1-4-5-7-11-15(18)16-12-9-6-8-10-14(17)13(2)3/h13H,4-12H2,1-3H3,(H,16,18). The molecule has 0 aromatic carbocycles. The van der Waals surface area contributed by atoms with Crippen LogP contribution in [0.25, 0.3) is 0 Å². The van der Waals surface area contributed by atoms with Crippen LogP contribution in [0.5, 0.6) is 0 Å². The molecule has 0 spiro atoms. The van der Waals surface area contributed by atoms with Crippen LogP contribution in [0.4, 0.5) is 0 Å². The van der Waals surface area contributed by atoms with Crippen LogP contribution in [0.3, 0.4) is 0 Å². The van der Waals surface area contributed by atoms with Crippen LogP contribution in [0, 0.1) is 5.92 Å². The number of nitrogens with one attached hydrogen (secondary N) is 1. The lowest BCUT2D eigenvalue weighted by Crippen LogP contribution is -2.24. The third kappa shape index (κ3) is 10.3. The molecular formula is C15H29NO2. The van der Waals surface area contributed by atoms with E-state index < -0.39 is 0 Å². The molecule has 106 valence electrons. The fourth-order valence-electron chi connectivity index (χ4n) is 1.74. The molecule has 1 amide bonds. The normalized spacial score (nSPS) is 10.7. The summed E-state index contributed by atoms with van der Waals surface area (Å²) in [5.74, 6) is 0.670. The summed E-state index contributed by atoms with van der Waals surface area (Å²) < 4.78 is 0. The lowest BCUT2D eigenvalue weighted by molar-refractivity contribution is -0.122. The molecule has 0 rings (SSSR count). The lowest BCUT2D eigenvalue weighted by Gasteiger charge is -2.06. The maximum atomic E-state index is 11.4. The van der Waals surface area contributed by atoms with E-state index in [0.717, 1.165) is 45.1 Å². The minimum Gasteiger partial charge on any atom is -0.356 e.